The van der Waals surface area contributed by atoms with Crippen LogP contribution in [-0.4, -0.2) is 15.9 Å². The van der Waals surface area contributed by atoms with E-state index in [0.29, 0.717) is 12.3 Å². The molecule has 0 unspecified atom stereocenters. The van der Waals surface area contributed by atoms with E-state index in [1.165, 1.54) is 44.2 Å². The van der Waals surface area contributed by atoms with Crippen LogP contribution in [-0.2, 0) is 4.79 Å². The van der Waals surface area contributed by atoms with E-state index in [-0.39, 0.29) is 23.0 Å². The Balaban J connectivity index is 1.85. The van der Waals surface area contributed by atoms with Gasteiger partial charge in [-0.15, -0.1) is 0 Å². The molecule has 0 spiro atoms. The number of amides is 1. The predicted octanol–water partition coefficient (Wildman–Crippen LogP) is 3.60. The molecule has 6 nitrogen and oxygen atoms in total. The second-order valence-electron chi connectivity index (χ2n) is 5.55. The Hall–Kier alpha value is -2.11. The van der Waals surface area contributed by atoms with Gasteiger partial charge in [0.15, 0.2) is 0 Å². The number of hydrogen-bond acceptors (Lipinski definition) is 4. The van der Waals surface area contributed by atoms with Crippen molar-refractivity contribution in [1.82, 2.24) is 0 Å². The Morgan fingerprint density at radius 1 is 1.33 bits per heavy atom. The summed E-state index contributed by atoms with van der Waals surface area (Å²) in [5.74, 6) is 0.176. The normalized spacial score (nSPS) is 15.6. The van der Waals surface area contributed by atoms with Crippen LogP contribution in [0, 0.1) is 16.0 Å². The maximum atomic E-state index is 11.9. The number of phenols is 1. The molecular weight excluding hydrogens is 272 g/mol. The van der Waals surface area contributed by atoms with Gasteiger partial charge in [-0.25, -0.2) is 0 Å². The largest absolute Gasteiger partial charge is 0.506 e. The van der Waals surface area contributed by atoms with Gasteiger partial charge in [0, 0.05) is 12.5 Å². The van der Waals surface area contributed by atoms with Crippen LogP contribution in [0.3, 0.4) is 0 Å². The SMILES string of the molecule is O=C(CCC1CCCCC1)Nc1ccc([N+](=O)[O-])cc1O. The second kappa shape index (κ2) is 7.06. The summed E-state index contributed by atoms with van der Waals surface area (Å²) >= 11 is 0. The third-order valence-electron chi connectivity index (χ3n) is 3.97. The van der Waals surface area contributed by atoms with E-state index in [4.69, 9.17) is 0 Å². The number of nitrogens with zero attached hydrogens (tertiary/aromatic N) is 1. The van der Waals surface area contributed by atoms with Crippen molar-refractivity contribution in [2.45, 2.75) is 44.9 Å². The molecule has 2 N–H and O–H groups in total. The van der Waals surface area contributed by atoms with Crippen molar-refractivity contribution in [1.29, 1.82) is 0 Å². The van der Waals surface area contributed by atoms with E-state index >= 15 is 0 Å². The lowest BCUT2D eigenvalue weighted by atomic mass is 9.86. The van der Waals surface area contributed by atoms with Crippen molar-refractivity contribution < 1.29 is 14.8 Å². The number of nitro groups is 1. The van der Waals surface area contributed by atoms with Gasteiger partial charge in [0.2, 0.25) is 5.91 Å². The van der Waals surface area contributed by atoms with Crippen molar-refractivity contribution in [3.63, 3.8) is 0 Å². The monoisotopic (exact) mass is 292 g/mol. The molecule has 1 aromatic carbocycles. The minimum atomic E-state index is -0.589. The van der Waals surface area contributed by atoms with Crippen LogP contribution in [0.25, 0.3) is 0 Å². The number of carbonyl (C=O) groups excluding carboxylic acids is 1. The zero-order chi connectivity index (χ0) is 15.2. The summed E-state index contributed by atoms with van der Waals surface area (Å²) in [5, 5.41) is 22.9. The zero-order valence-electron chi connectivity index (χ0n) is 11.9. The molecule has 21 heavy (non-hydrogen) atoms. The molecule has 0 aromatic heterocycles. The average Bonchev–Trinajstić information content (AvgIpc) is 2.48. The summed E-state index contributed by atoms with van der Waals surface area (Å²) in [6.07, 6.45) is 7.44. The summed E-state index contributed by atoms with van der Waals surface area (Å²) in [6.45, 7) is 0. The molecule has 1 aromatic rings. The van der Waals surface area contributed by atoms with E-state index in [0.717, 1.165) is 12.5 Å². The molecule has 1 fully saturated rings. The summed E-state index contributed by atoms with van der Waals surface area (Å²) in [4.78, 5) is 21.9. The summed E-state index contributed by atoms with van der Waals surface area (Å²) in [7, 11) is 0. The summed E-state index contributed by atoms with van der Waals surface area (Å²) in [5.41, 5.74) is 0.0157. The Kier molecular flexibility index (Phi) is 5.14. The Labute approximate surface area is 123 Å². The van der Waals surface area contributed by atoms with E-state index in [9.17, 15) is 20.0 Å². The van der Waals surface area contributed by atoms with Gasteiger partial charge in [-0.1, -0.05) is 32.1 Å². The van der Waals surface area contributed by atoms with Gasteiger partial charge in [-0.3, -0.25) is 14.9 Å². The van der Waals surface area contributed by atoms with Gasteiger partial charge in [0.1, 0.15) is 5.75 Å². The molecule has 6 heteroatoms. The molecule has 114 valence electrons. The van der Waals surface area contributed by atoms with Crippen LogP contribution < -0.4 is 5.32 Å². The van der Waals surface area contributed by atoms with Gasteiger partial charge in [-0.05, 0) is 18.4 Å². The van der Waals surface area contributed by atoms with Crippen LogP contribution in [0.2, 0.25) is 0 Å². The highest BCUT2D eigenvalue weighted by Gasteiger charge is 2.16. The topological polar surface area (TPSA) is 92.5 Å². The number of aromatic hydroxyl groups is 1. The standard InChI is InChI=1S/C15H20N2O4/c18-14-10-12(17(20)21)7-8-13(14)16-15(19)9-6-11-4-2-1-3-5-11/h7-8,10-11,18H,1-6,9H2,(H,16,19). The third kappa shape index (κ3) is 4.44. The smallest absolute Gasteiger partial charge is 0.273 e. The van der Waals surface area contributed by atoms with Crippen molar-refractivity contribution in [2.75, 3.05) is 5.32 Å². The number of carbonyl (C=O) groups is 1. The molecular formula is C15H20N2O4. The third-order valence-corrected chi connectivity index (χ3v) is 3.97. The van der Waals surface area contributed by atoms with Gasteiger partial charge < -0.3 is 10.4 Å². The molecule has 1 amide bonds. The van der Waals surface area contributed by atoms with Crippen molar-refractivity contribution in [3.05, 3.63) is 28.3 Å². The summed E-state index contributed by atoms with van der Waals surface area (Å²) < 4.78 is 0. The minimum absolute atomic E-state index is 0.162. The van der Waals surface area contributed by atoms with Crippen LogP contribution in [0.1, 0.15) is 44.9 Å². The van der Waals surface area contributed by atoms with E-state index in [1.54, 1.807) is 0 Å². The molecule has 0 atom stereocenters. The van der Waals surface area contributed by atoms with Gasteiger partial charge in [0.25, 0.3) is 5.69 Å². The van der Waals surface area contributed by atoms with Crippen molar-refractivity contribution in [3.8, 4) is 5.75 Å². The van der Waals surface area contributed by atoms with E-state index in [1.807, 2.05) is 0 Å². The first kappa shape index (κ1) is 15.3. The lowest BCUT2D eigenvalue weighted by Crippen LogP contribution is -2.15. The van der Waals surface area contributed by atoms with Crippen LogP contribution in [0.4, 0.5) is 11.4 Å². The quantitative estimate of drug-likeness (QED) is 0.492. The molecule has 1 aliphatic carbocycles. The first-order valence-corrected chi connectivity index (χ1v) is 7.33. The second-order valence-corrected chi connectivity index (χ2v) is 5.55. The van der Waals surface area contributed by atoms with Gasteiger partial charge >= 0.3 is 0 Å². The van der Waals surface area contributed by atoms with E-state index in [2.05, 4.69) is 5.32 Å². The number of phenolic OH excluding ortho intramolecular Hbond substituents is 1. The lowest BCUT2D eigenvalue weighted by molar-refractivity contribution is -0.384. The predicted molar refractivity (Wildman–Crippen MR) is 79.2 cm³/mol. The number of nitro benzene ring substituents is 1. The molecule has 0 aliphatic heterocycles. The Bertz CT molecular complexity index is 524. The fraction of sp³-hybridized carbons (Fsp3) is 0.533. The zero-order valence-corrected chi connectivity index (χ0v) is 11.9. The van der Waals surface area contributed by atoms with Crippen LogP contribution in [0.15, 0.2) is 18.2 Å². The van der Waals surface area contributed by atoms with Gasteiger partial charge in [-0.2, -0.15) is 0 Å². The number of benzene rings is 1. The van der Waals surface area contributed by atoms with Crippen molar-refractivity contribution in [2.24, 2.45) is 5.92 Å². The Morgan fingerprint density at radius 3 is 2.67 bits per heavy atom. The number of rotatable bonds is 5. The minimum Gasteiger partial charge on any atom is -0.506 e. The van der Waals surface area contributed by atoms with Crippen LogP contribution in [0.5, 0.6) is 5.75 Å². The highest BCUT2D eigenvalue weighted by molar-refractivity contribution is 5.92. The highest BCUT2D eigenvalue weighted by atomic mass is 16.6. The molecule has 1 aliphatic rings. The average molecular weight is 292 g/mol. The number of nitrogens with one attached hydrogen (secondary N) is 1. The number of hydrogen-bond donors (Lipinski definition) is 2. The first-order chi connectivity index (χ1) is 10.1. The van der Waals surface area contributed by atoms with E-state index < -0.39 is 4.92 Å². The number of non-ortho nitro benzene ring substituents is 1. The summed E-state index contributed by atoms with van der Waals surface area (Å²) in [6, 6.07) is 3.65. The molecule has 0 saturated heterocycles. The fourth-order valence-corrected chi connectivity index (χ4v) is 2.76. The van der Waals surface area contributed by atoms with Crippen LogP contribution >= 0.6 is 0 Å². The molecule has 1 saturated carbocycles. The lowest BCUT2D eigenvalue weighted by Gasteiger charge is -2.21. The molecule has 0 radical (unpaired) electrons. The molecule has 2 rings (SSSR count). The maximum Gasteiger partial charge on any atom is 0.273 e. The maximum absolute atomic E-state index is 11.9. The fourth-order valence-electron chi connectivity index (χ4n) is 2.76. The molecule has 0 heterocycles. The van der Waals surface area contributed by atoms with Crippen molar-refractivity contribution >= 4 is 17.3 Å². The Morgan fingerprint density at radius 2 is 2.05 bits per heavy atom. The first-order valence-electron chi connectivity index (χ1n) is 7.33. The number of anilines is 1. The highest BCUT2D eigenvalue weighted by Crippen LogP contribution is 2.29. The molecule has 0 bridgehead atoms. The van der Waals surface area contributed by atoms with Gasteiger partial charge in [0.05, 0.1) is 16.7 Å².